The molecule has 1 aromatic rings. The van der Waals surface area contributed by atoms with Crippen molar-refractivity contribution in [2.24, 2.45) is 0 Å². The van der Waals surface area contributed by atoms with Gasteiger partial charge in [0.05, 0.1) is 0 Å². The van der Waals surface area contributed by atoms with Crippen molar-refractivity contribution >= 4 is 0 Å². The lowest BCUT2D eigenvalue weighted by molar-refractivity contribution is 0.452. The van der Waals surface area contributed by atoms with E-state index in [-0.39, 0.29) is 0 Å². The molecule has 0 aromatic heterocycles. The molecule has 1 fully saturated rings. The molecule has 2 rings (SSSR count). The third kappa shape index (κ3) is 1.98. The summed E-state index contributed by atoms with van der Waals surface area (Å²) >= 11 is 0. The second kappa shape index (κ2) is 4.14. The highest BCUT2D eigenvalue weighted by Crippen LogP contribution is 2.28. The van der Waals surface area contributed by atoms with Crippen LogP contribution < -0.4 is 5.32 Å². The molecule has 1 radical (unpaired) electrons. The van der Waals surface area contributed by atoms with E-state index in [9.17, 15) is 0 Å². The van der Waals surface area contributed by atoms with E-state index < -0.39 is 0 Å². The van der Waals surface area contributed by atoms with Gasteiger partial charge in [0, 0.05) is 13.1 Å². The predicted octanol–water partition coefficient (Wildman–Crippen LogP) is 2.79. The van der Waals surface area contributed by atoms with E-state index in [1.165, 1.54) is 24.0 Å². The summed E-state index contributed by atoms with van der Waals surface area (Å²) in [4.78, 5) is 0. The Hall–Kier alpha value is -0.820. The van der Waals surface area contributed by atoms with Gasteiger partial charge >= 0.3 is 0 Å². The average Bonchev–Trinajstić information content (AvgIpc) is 2.19. The molecular weight excluding hydrogens is 170 g/mol. The molecule has 1 saturated heterocycles. The molecule has 1 heteroatoms. The quantitative estimate of drug-likeness (QED) is 0.643. The van der Waals surface area contributed by atoms with Crippen molar-refractivity contribution in [3.8, 4) is 0 Å². The van der Waals surface area contributed by atoms with Crippen LogP contribution in [0, 0.1) is 13.8 Å². The molecule has 1 aliphatic rings. The Bertz CT molecular complexity index is 311. The average molecular weight is 188 g/mol. The maximum absolute atomic E-state index is 4.40. The van der Waals surface area contributed by atoms with Crippen molar-refractivity contribution < 1.29 is 0 Å². The lowest BCUT2D eigenvalue weighted by Gasteiger charge is -2.23. The molecule has 0 N–H and O–H groups in total. The fourth-order valence-electron chi connectivity index (χ4n) is 2.35. The van der Waals surface area contributed by atoms with E-state index in [0.717, 1.165) is 19.0 Å². The van der Waals surface area contributed by atoms with Crippen LogP contribution in [0.3, 0.4) is 0 Å². The van der Waals surface area contributed by atoms with Crippen molar-refractivity contribution in [1.82, 2.24) is 5.32 Å². The van der Waals surface area contributed by atoms with Crippen LogP contribution in [0.15, 0.2) is 18.2 Å². The number of aryl methyl sites for hydroxylation is 2. The first-order valence-electron chi connectivity index (χ1n) is 5.48. The maximum Gasteiger partial charge on any atom is 0.0139 e. The fraction of sp³-hybridized carbons (Fsp3) is 0.538. The first-order chi connectivity index (χ1) is 6.77. The second-order valence-electron chi connectivity index (χ2n) is 4.31. The standard InChI is InChI=1S/C13H18N/c1-10-3-4-13(11(2)9-10)12-5-7-14-8-6-12/h3-4,9,12H,5-8H2,1-2H3. The Labute approximate surface area is 86.5 Å². The van der Waals surface area contributed by atoms with Gasteiger partial charge in [-0.05, 0) is 43.7 Å². The van der Waals surface area contributed by atoms with Crippen LogP contribution in [-0.4, -0.2) is 13.1 Å². The highest BCUT2D eigenvalue weighted by atomic mass is 14.9. The summed E-state index contributed by atoms with van der Waals surface area (Å²) in [6.07, 6.45) is 2.48. The fourth-order valence-corrected chi connectivity index (χ4v) is 2.35. The Morgan fingerprint density at radius 1 is 1.14 bits per heavy atom. The van der Waals surface area contributed by atoms with E-state index in [0.29, 0.717) is 0 Å². The maximum atomic E-state index is 4.40. The van der Waals surface area contributed by atoms with Crippen LogP contribution in [0.2, 0.25) is 0 Å². The first kappa shape index (κ1) is 9.72. The summed E-state index contributed by atoms with van der Waals surface area (Å²) in [5.74, 6) is 0.757. The van der Waals surface area contributed by atoms with Crippen molar-refractivity contribution in [3.63, 3.8) is 0 Å². The third-order valence-corrected chi connectivity index (χ3v) is 3.14. The number of rotatable bonds is 1. The molecular formula is C13H18N. The minimum atomic E-state index is 0.757. The lowest BCUT2D eigenvalue weighted by Crippen LogP contribution is -2.21. The molecule has 0 spiro atoms. The number of hydrogen-bond donors (Lipinski definition) is 0. The van der Waals surface area contributed by atoms with Gasteiger partial charge in [-0.15, -0.1) is 0 Å². The smallest absolute Gasteiger partial charge is 0.0139 e. The van der Waals surface area contributed by atoms with E-state index in [1.807, 2.05) is 0 Å². The monoisotopic (exact) mass is 188 g/mol. The summed E-state index contributed by atoms with van der Waals surface area (Å²) in [6.45, 7) is 6.50. The largest absolute Gasteiger partial charge is 0.242 e. The summed E-state index contributed by atoms with van der Waals surface area (Å²) in [5, 5.41) is 4.40. The van der Waals surface area contributed by atoms with Gasteiger partial charge in [-0.2, -0.15) is 0 Å². The van der Waals surface area contributed by atoms with E-state index in [1.54, 1.807) is 5.56 Å². The van der Waals surface area contributed by atoms with E-state index in [2.05, 4.69) is 37.4 Å². The first-order valence-corrected chi connectivity index (χ1v) is 5.48. The molecule has 1 nitrogen and oxygen atoms in total. The van der Waals surface area contributed by atoms with Gasteiger partial charge in [-0.3, -0.25) is 0 Å². The molecule has 75 valence electrons. The van der Waals surface area contributed by atoms with E-state index >= 15 is 0 Å². The zero-order valence-corrected chi connectivity index (χ0v) is 9.09. The molecule has 14 heavy (non-hydrogen) atoms. The Kier molecular flexibility index (Phi) is 2.87. The lowest BCUT2D eigenvalue weighted by atomic mass is 9.87. The molecule has 0 bridgehead atoms. The van der Waals surface area contributed by atoms with Gasteiger partial charge in [0.2, 0.25) is 0 Å². The number of benzene rings is 1. The van der Waals surface area contributed by atoms with Crippen molar-refractivity contribution in [1.29, 1.82) is 0 Å². The summed E-state index contributed by atoms with van der Waals surface area (Å²) < 4.78 is 0. The second-order valence-corrected chi connectivity index (χ2v) is 4.31. The predicted molar refractivity (Wildman–Crippen MR) is 59.8 cm³/mol. The highest BCUT2D eigenvalue weighted by Gasteiger charge is 2.16. The van der Waals surface area contributed by atoms with Gasteiger partial charge in [0.1, 0.15) is 0 Å². The van der Waals surface area contributed by atoms with Crippen LogP contribution in [0.25, 0.3) is 0 Å². The Morgan fingerprint density at radius 2 is 1.86 bits per heavy atom. The van der Waals surface area contributed by atoms with Gasteiger partial charge in [0.25, 0.3) is 0 Å². The summed E-state index contributed by atoms with van der Waals surface area (Å²) in [6, 6.07) is 6.83. The SMILES string of the molecule is Cc1ccc(C2CC[N]CC2)c(C)c1. The van der Waals surface area contributed by atoms with Crippen molar-refractivity contribution in [2.75, 3.05) is 13.1 Å². The topological polar surface area (TPSA) is 14.1 Å². The minimum absolute atomic E-state index is 0.757. The number of piperidine rings is 1. The van der Waals surface area contributed by atoms with E-state index in [4.69, 9.17) is 0 Å². The minimum Gasteiger partial charge on any atom is -0.242 e. The van der Waals surface area contributed by atoms with Crippen LogP contribution >= 0.6 is 0 Å². The Morgan fingerprint density at radius 3 is 2.50 bits per heavy atom. The van der Waals surface area contributed by atoms with Gasteiger partial charge < -0.3 is 0 Å². The van der Waals surface area contributed by atoms with Crippen molar-refractivity contribution in [3.05, 3.63) is 34.9 Å². The van der Waals surface area contributed by atoms with Gasteiger partial charge in [0.15, 0.2) is 0 Å². The van der Waals surface area contributed by atoms with Crippen LogP contribution in [0.4, 0.5) is 0 Å². The molecule has 0 amide bonds. The van der Waals surface area contributed by atoms with Gasteiger partial charge in [-0.25, -0.2) is 5.32 Å². The molecule has 1 heterocycles. The van der Waals surface area contributed by atoms with Crippen LogP contribution in [0.5, 0.6) is 0 Å². The zero-order valence-electron chi connectivity index (χ0n) is 9.09. The number of nitrogens with zero attached hydrogens (tertiary/aromatic N) is 1. The Balaban J connectivity index is 2.22. The molecule has 1 aliphatic heterocycles. The normalized spacial score (nSPS) is 18.4. The summed E-state index contributed by atoms with van der Waals surface area (Å²) in [5.41, 5.74) is 4.37. The molecule has 0 atom stereocenters. The summed E-state index contributed by atoms with van der Waals surface area (Å²) in [7, 11) is 0. The molecule has 0 unspecified atom stereocenters. The molecule has 1 aromatic carbocycles. The highest BCUT2D eigenvalue weighted by molar-refractivity contribution is 5.33. The third-order valence-electron chi connectivity index (χ3n) is 3.14. The van der Waals surface area contributed by atoms with Crippen LogP contribution in [-0.2, 0) is 0 Å². The number of hydrogen-bond acceptors (Lipinski definition) is 0. The van der Waals surface area contributed by atoms with Gasteiger partial charge in [-0.1, -0.05) is 23.8 Å². The van der Waals surface area contributed by atoms with Crippen molar-refractivity contribution in [2.45, 2.75) is 32.6 Å². The zero-order chi connectivity index (χ0) is 9.97. The molecule has 0 saturated carbocycles. The molecule has 0 aliphatic carbocycles. The van der Waals surface area contributed by atoms with Crippen LogP contribution in [0.1, 0.15) is 35.4 Å².